The van der Waals surface area contributed by atoms with Crippen molar-refractivity contribution in [3.63, 3.8) is 0 Å². The Hall–Kier alpha value is -1.52. The maximum Gasteiger partial charge on any atom is 0.330 e. The van der Waals surface area contributed by atoms with E-state index in [1.165, 1.54) is 4.90 Å². The highest BCUT2D eigenvalue weighted by Gasteiger charge is 2.21. The topological polar surface area (TPSA) is 58.6 Å². The Morgan fingerprint density at radius 3 is 2.44 bits per heavy atom. The molecule has 0 saturated heterocycles. The fourth-order valence-corrected chi connectivity index (χ4v) is 0.849. The predicted octanol–water partition coefficient (Wildman–Crippen LogP) is 1.01. The number of hydrogen-bond acceptors (Lipinski definition) is 3. The molecule has 0 spiro atoms. The number of nitrogens with one attached hydrogen (secondary N) is 1. The second-order valence-corrected chi connectivity index (χ2v) is 4.53. The van der Waals surface area contributed by atoms with E-state index in [1.807, 2.05) is 13.8 Å². The largest absolute Gasteiger partial charge is 0.462 e. The maximum atomic E-state index is 11.3. The van der Waals surface area contributed by atoms with Crippen LogP contribution in [0.5, 0.6) is 0 Å². The van der Waals surface area contributed by atoms with Crippen LogP contribution >= 0.6 is 0 Å². The van der Waals surface area contributed by atoms with Gasteiger partial charge in [0, 0.05) is 32.1 Å². The number of rotatable bonds is 5. The van der Waals surface area contributed by atoms with Crippen molar-refractivity contribution >= 4 is 12.0 Å². The van der Waals surface area contributed by atoms with E-state index in [9.17, 15) is 9.59 Å². The van der Waals surface area contributed by atoms with E-state index >= 15 is 0 Å². The van der Waals surface area contributed by atoms with Gasteiger partial charge in [0.15, 0.2) is 0 Å². The van der Waals surface area contributed by atoms with Gasteiger partial charge in [-0.05, 0) is 0 Å². The third-order valence-electron chi connectivity index (χ3n) is 1.90. The van der Waals surface area contributed by atoms with Gasteiger partial charge in [-0.15, -0.1) is 0 Å². The summed E-state index contributed by atoms with van der Waals surface area (Å²) in [5, 5.41) is 2.73. The molecule has 0 aromatic heterocycles. The molecule has 1 N–H and O–H groups in total. The molecule has 0 aliphatic rings. The van der Waals surface area contributed by atoms with Crippen LogP contribution in [0.2, 0.25) is 0 Å². The SMILES string of the molecule is C=CC(=O)OCC(C)(C)CNC(=O)N(C)C. The van der Waals surface area contributed by atoms with Gasteiger partial charge in [0.1, 0.15) is 0 Å². The lowest BCUT2D eigenvalue weighted by atomic mass is 9.95. The number of carbonyl (C=O) groups is 2. The average molecular weight is 228 g/mol. The van der Waals surface area contributed by atoms with Crippen LogP contribution in [0.3, 0.4) is 0 Å². The smallest absolute Gasteiger partial charge is 0.330 e. The first kappa shape index (κ1) is 14.5. The van der Waals surface area contributed by atoms with Crippen LogP contribution in [0.15, 0.2) is 12.7 Å². The summed E-state index contributed by atoms with van der Waals surface area (Å²) in [6, 6.07) is -0.164. The monoisotopic (exact) mass is 228 g/mol. The minimum atomic E-state index is -0.452. The van der Waals surface area contributed by atoms with Gasteiger partial charge in [0.25, 0.3) is 0 Å². The first-order valence-electron chi connectivity index (χ1n) is 5.03. The lowest BCUT2D eigenvalue weighted by molar-refractivity contribution is -0.140. The molecule has 16 heavy (non-hydrogen) atoms. The minimum absolute atomic E-state index is 0.164. The van der Waals surface area contributed by atoms with Gasteiger partial charge < -0.3 is 15.0 Å². The molecule has 0 saturated carbocycles. The highest BCUT2D eigenvalue weighted by Crippen LogP contribution is 2.14. The molecule has 0 aliphatic heterocycles. The van der Waals surface area contributed by atoms with E-state index < -0.39 is 5.97 Å². The van der Waals surface area contributed by atoms with Gasteiger partial charge in [-0.3, -0.25) is 0 Å². The average Bonchev–Trinajstić information content (AvgIpc) is 2.22. The molecule has 0 bridgehead atoms. The highest BCUT2D eigenvalue weighted by molar-refractivity contribution is 5.81. The number of urea groups is 1. The molecule has 0 rings (SSSR count). The minimum Gasteiger partial charge on any atom is -0.462 e. The summed E-state index contributed by atoms with van der Waals surface area (Å²) in [6.07, 6.45) is 1.12. The number of hydrogen-bond donors (Lipinski definition) is 1. The zero-order valence-corrected chi connectivity index (χ0v) is 10.4. The Morgan fingerprint density at radius 1 is 1.44 bits per heavy atom. The lowest BCUT2D eigenvalue weighted by Gasteiger charge is -2.25. The summed E-state index contributed by atoms with van der Waals surface area (Å²) in [4.78, 5) is 23.6. The van der Waals surface area contributed by atoms with Crippen LogP contribution in [0.4, 0.5) is 4.79 Å². The van der Waals surface area contributed by atoms with Crippen molar-refractivity contribution in [3.05, 3.63) is 12.7 Å². The summed E-state index contributed by atoms with van der Waals surface area (Å²) >= 11 is 0. The highest BCUT2D eigenvalue weighted by atomic mass is 16.5. The number of ether oxygens (including phenoxy) is 1. The number of nitrogens with zero attached hydrogens (tertiary/aromatic N) is 1. The molecule has 0 aliphatic carbocycles. The van der Waals surface area contributed by atoms with Crippen molar-refractivity contribution in [2.24, 2.45) is 5.41 Å². The van der Waals surface area contributed by atoms with Gasteiger partial charge in [0.05, 0.1) is 6.61 Å². The van der Waals surface area contributed by atoms with Crippen molar-refractivity contribution < 1.29 is 14.3 Å². The van der Waals surface area contributed by atoms with Gasteiger partial charge in [-0.25, -0.2) is 9.59 Å². The fraction of sp³-hybridized carbons (Fsp3) is 0.636. The van der Waals surface area contributed by atoms with Gasteiger partial charge in [0.2, 0.25) is 0 Å². The fourth-order valence-electron chi connectivity index (χ4n) is 0.849. The molecule has 0 radical (unpaired) electrons. The molecular weight excluding hydrogens is 208 g/mol. The van der Waals surface area contributed by atoms with E-state index in [2.05, 4.69) is 11.9 Å². The zero-order chi connectivity index (χ0) is 12.8. The van der Waals surface area contributed by atoms with Crippen LogP contribution < -0.4 is 5.32 Å². The third kappa shape index (κ3) is 6.06. The maximum absolute atomic E-state index is 11.3. The molecule has 5 nitrogen and oxygen atoms in total. The standard InChI is InChI=1S/C11H20N2O3/c1-6-9(14)16-8-11(2,3)7-12-10(15)13(4)5/h6H,1,7-8H2,2-5H3,(H,12,15). The van der Waals surface area contributed by atoms with Crippen molar-refractivity contribution in [3.8, 4) is 0 Å². The summed E-state index contributed by atoms with van der Waals surface area (Å²) in [5.74, 6) is -0.452. The van der Waals surface area contributed by atoms with Crippen LogP contribution in [0.1, 0.15) is 13.8 Å². The normalized spacial score (nSPS) is 10.5. The Labute approximate surface area is 96.4 Å². The molecular formula is C11H20N2O3. The predicted molar refractivity (Wildman–Crippen MR) is 62.0 cm³/mol. The Kier molecular flexibility index (Phi) is 5.56. The number of esters is 1. The molecule has 0 atom stereocenters. The molecule has 0 fully saturated rings. The summed E-state index contributed by atoms with van der Waals surface area (Å²) < 4.78 is 4.93. The molecule has 0 unspecified atom stereocenters. The zero-order valence-electron chi connectivity index (χ0n) is 10.4. The van der Waals surface area contributed by atoms with E-state index in [-0.39, 0.29) is 18.1 Å². The lowest BCUT2D eigenvalue weighted by Crippen LogP contribution is -2.41. The number of amides is 2. The van der Waals surface area contributed by atoms with Crippen LogP contribution in [-0.2, 0) is 9.53 Å². The summed E-state index contributed by atoms with van der Waals surface area (Å²) in [7, 11) is 3.33. The molecule has 5 heteroatoms. The quantitative estimate of drug-likeness (QED) is 0.564. The Bertz CT molecular complexity index is 272. The van der Waals surface area contributed by atoms with Crippen molar-refractivity contribution in [1.82, 2.24) is 10.2 Å². The molecule has 0 aromatic carbocycles. The second kappa shape index (κ2) is 6.15. The van der Waals surface area contributed by atoms with Crippen LogP contribution in [0, 0.1) is 5.41 Å². The third-order valence-corrected chi connectivity index (χ3v) is 1.90. The second-order valence-electron chi connectivity index (χ2n) is 4.53. The van der Waals surface area contributed by atoms with Crippen molar-refractivity contribution in [2.45, 2.75) is 13.8 Å². The van der Waals surface area contributed by atoms with E-state index in [4.69, 9.17) is 4.74 Å². The molecule has 0 heterocycles. The van der Waals surface area contributed by atoms with Crippen molar-refractivity contribution in [1.29, 1.82) is 0 Å². The molecule has 0 aromatic rings. The number of carbonyl (C=O) groups excluding carboxylic acids is 2. The van der Waals surface area contributed by atoms with E-state index in [1.54, 1.807) is 14.1 Å². The van der Waals surface area contributed by atoms with Crippen LogP contribution in [-0.4, -0.2) is 44.1 Å². The Balaban J connectivity index is 4.00. The Morgan fingerprint density at radius 2 is 2.00 bits per heavy atom. The molecule has 92 valence electrons. The van der Waals surface area contributed by atoms with Gasteiger partial charge in [-0.1, -0.05) is 20.4 Å². The van der Waals surface area contributed by atoms with Crippen LogP contribution in [0.25, 0.3) is 0 Å². The van der Waals surface area contributed by atoms with Gasteiger partial charge in [-0.2, -0.15) is 0 Å². The van der Waals surface area contributed by atoms with E-state index in [0.29, 0.717) is 6.54 Å². The first-order valence-corrected chi connectivity index (χ1v) is 5.03. The molecule has 2 amide bonds. The summed E-state index contributed by atoms with van der Waals surface area (Å²) in [5.41, 5.74) is -0.301. The van der Waals surface area contributed by atoms with Crippen molar-refractivity contribution in [2.75, 3.05) is 27.2 Å². The van der Waals surface area contributed by atoms with E-state index in [0.717, 1.165) is 6.08 Å². The summed E-state index contributed by atoms with van der Waals surface area (Å²) in [6.45, 7) is 7.79. The first-order chi connectivity index (χ1) is 7.28. The van der Waals surface area contributed by atoms with Gasteiger partial charge >= 0.3 is 12.0 Å².